The second-order valence-electron chi connectivity index (χ2n) is 4.62. The number of aryl methyl sites for hydroxylation is 1. The van der Waals surface area contributed by atoms with Crippen molar-refractivity contribution in [3.05, 3.63) is 35.4 Å². The highest BCUT2D eigenvalue weighted by Gasteiger charge is 2.25. The summed E-state index contributed by atoms with van der Waals surface area (Å²) in [7, 11) is 0. The Bertz CT molecular complexity index is 361. The normalized spacial score (nSPS) is 21.8. The third kappa shape index (κ3) is 3.69. The zero-order chi connectivity index (χ0) is 12.8. The standard InChI is InChI=1S/C15H23NS2/c1-3-12-6-5-7-13(10-12)15(16-4-2)14-11-17-8-9-18-14/h5-7,10,14-16H,3-4,8-9,11H2,1-2H3. The van der Waals surface area contributed by atoms with Gasteiger partial charge in [0, 0.05) is 28.6 Å². The van der Waals surface area contributed by atoms with E-state index in [9.17, 15) is 0 Å². The summed E-state index contributed by atoms with van der Waals surface area (Å²) in [6.07, 6.45) is 1.12. The molecule has 1 saturated heterocycles. The van der Waals surface area contributed by atoms with Crippen molar-refractivity contribution in [2.45, 2.75) is 31.6 Å². The van der Waals surface area contributed by atoms with Gasteiger partial charge in [0.05, 0.1) is 0 Å². The molecule has 0 aliphatic carbocycles. The molecule has 2 rings (SSSR count). The van der Waals surface area contributed by atoms with E-state index < -0.39 is 0 Å². The molecule has 1 aromatic carbocycles. The molecule has 2 atom stereocenters. The lowest BCUT2D eigenvalue weighted by Gasteiger charge is -2.30. The predicted octanol–water partition coefficient (Wildman–Crippen LogP) is 3.75. The third-order valence-electron chi connectivity index (χ3n) is 3.36. The Hall–Kier alpha value is -0.120. The minimum atomic E-state index is 0.513. The van der Waals surface area contributed by atoms with Crippen molar-refractivity contribution in [3.63, 3.8) is 0 Å². The first-order valence-electron chi connectivity index (χ1n) is 6.86. The van der Waals surface area contributed by atoms with E-state index in [4.69, 9.17) is 0 Å². The van der Waals surface area contributed by atoms with E-state index in [1.54, 1.807) is 0 Å². The quantitative estimate of drug-likeness (QED) is 0.883. The third-order valence-corrected chi connectivity index (χ3v) is 6.22. The number of benzene rings is 1. The van der Waals surface area contributed by atoms with E-state index in [1.165, 1.54) is 28.4 Å². The molecule has 0 aromatic heterocycles. The van der Waals surface area contributed by atoms with Crippen LogP contribution in [0, 0.1) is 0 Å². The summed E-state index contributed by atoms with van der Waals surface area (Å²) in [4.78, 5) is 0. The van der Waals surface area contributed by atoms with Gasteiger partial charge in [0.15, 0.2) is 0 Å². The first-order valence-corrected chi connectivity index (χ1v) is 9.07. The molecule has 0 amide bonds. The van der Waals surface area contributed by atoms with Gasteiger partial charge in [-0.25, -0.2) is 0 Å². The van der Waals surface area contributed by atoms with Crippen LogP contribution in [0.3, 0.4) is 0 Å². The van der Waals surface area contributed by atoms with Crippen LogP contribution in [-0.4, -0.2) is 29.1 Å². The van der Waals surface area contributed by atoms with Gasteiger partial charge in [-0.1, -0.05) is 38.1 Å². The van der Waals surface area contributed by atoms with E-state index in [-0.39, 0.29) is 0 Å². The molecule has 3 heteroatoms. The fourth-order valence-corrected chi connectivity index (χ4v) is 5.26. The fourth-order valence-electron chi connectivity index (χ4n) is 2.39. The van der Waals surface area contributed by atoms with Crippen LogP contribution in [0.25, 0.3) is 0 Å². The Labute approximate surface area is 120 Å². The van der Waals surface area contributed by atoms with Crippen molar-refractivity contribution >= 4 is 23.5 Å². The summed E-state index contributed by atoms with van der Waals surface area (Å²) in [5, 5.41) is 4.40. The van der Waals surface area contributed by atoms with Crippen molar-refractivity contribution in [1.82, 2.24) is 5.32 Å². The van der Waals surface area contributed by atoms with Crippen molar-refractivity contribution < 1.29 is 0 Å². The summed E-state index contributed by atoms with van der Waals surface area (Å²) < 4.78 is 0. The van der Waals surface area contributed by atoms with Crippen LogP contribution in [-0.2, 0) is 6.42 Å². The van der Waals surface area contributed by atoms with E-state index in [0.29, 0.717) is 6.04 Å². The van der Waals surface area contributed by atoms with E-state index >= 15 is 0 Å². The molecule has 1 aliphatic heterocycles. The molecule has 18 heavy (non-hydrogen) atoms. The average Bonchev–Trinajstić information content (AvgIpc) is 2.46. The smallest absolute Gasteiger partial charge is 0.0448 e. The Balaban J connectivity index is 2.16. The lowest BCUT2D eigenvalue weighted by atomic mass is 10.0. The maximum absolute atomic E-state index is 3.69. The molecule has 0 spiro atoms. The number of hydrogen-bond donors (Lipinski definition) is 1. The Morgan fingerprint density at radius 2 is 2.22 bits per heavy atom. The number of nitrogens with one attached hydrogen (secondary N) is 1. The van der Waals surface area contributed by atoms with E-state index in [0.717, 1.165) is 18.2 Å². The lowest BCUT2D eigenvalue weighted by molar-refractivity contribution is 0.550. The van der Waals surface area contributed by atoms with Crippen LogP contribution < -0.4 is 5.32 Å². The molecule has 1 nitrogen and oxygen atoms in total. The summed E-state index contributed by atoms with van der Waals surface area (Å²) in [6, 6.07) is 9.62. The fraction of sp³-hybridized carbons (Fsp3) is 0.600. The van der Waals surface area contributed by atoms with Crippen LogP contribution >= 0.6 is 23.5 Å². The molecule has 0 bridgehead atoms. The Morgan fingerprint density at radius 1 is 1.33 bits per heavy atom. The van der Waals surface area contributed by atoms with Gasteiger partial charge in [0.25, 0.3) is 0 Å². The highest BCUT2D eigenvalue weighted by Crippen LogP contribution is 2.33. The number of thioether (sulfide) groups is 2. The van der Waals surface area contributed by atoms with Crippen molar-refractivity contribution in [3.8, 4) is 0 Å². The summed E-state index contributed by atoms with van der Waals surface area (Å²) in [5.41, 5.74) is 2.92. The van der Waals surface area contributed by atoms with Gasteiger partial charge in [0.1, 0.15) is 0 Å². The van der Waals surface area contributed by atoms with Gasteiger partial charge in [-0.3, -0.25) is 0 Å². The average molecular weight is 281 g/mol. The molecule has 1 N–H and O–H groups in total. The predicted molar refractivity (Wildman–Crippen MR) is 85.8 cm³/mol. The minimum absolute atomic E-state index is 0.513. The first-order chi connectivity index (χ1) is 8.85. The van der Waals surface area contributed by atoms with Gasteiger partial charge in [-0.15, -0.1) is 0 Å². The SMILES string of the molecule is CCNC(c1cccc(CC)c1)C1CSCCS1. The van der Waals surface area contributed by atoms with Gasteiger partial charge in [-0.05, 0) is 24.1 Å². The first kappa shape index (κ1) is 14.3. The largest absolute Gasteiger partial charge is 0.309 e. The van der Waals surface area contributed by atoms with Crippen LogP contribution in [0.5, 0.6) is 0 Å². The highest BCUT2D eigenvalue weighted by atomic mass is 32.2. The van der Waals surface area contributed by atoms with Crippen LogP contribution in [0.4, 0.5) is 0 Å². The maximum atomic E-state index is 3.69. The molecular weight excluding hydrogens is 258 g/mol. The zero-order valence-electron chi connectivity index (χ0n) is 11.3. The Morgan fingerprint density at radius 3 is 2.89 bits per heavy atom. The molecule has 1 fully saturated rings. The monoisotopic (exact) mass is 281 g/mol. The highest BCUT2D eigenvalue weighted by molar-refractivity contribution is 8.06. The lowest BCUT2D eigenvalue weighted by Crippen LogP contribution is -2.33. The summed E-state index contributed by atoms with van der Waals surface area (Å²) >= 11 is 4.24. The van der Waals surface area contributed by atoms with E-state index in [1.807, 2.05) is 0 Å². The summed E-state index contributed by atoms with van der Waals surface area (Å²) in [5.74, 6) is 3.89. The molecule has 1 aliphatic rings. The van der Waals surface area contributed by atoms with Gasteiger partial charge in [0.2, 0.25) is 0 Å². The second kappa shape index (κ2) is 7.46. The second-order valence-corrected chi connectivity index (χ2v) is 7.12. The van der Waals surface area contributed by atoms with Crippen molar-refractivity contribution in [2.24, 2.45) is 0 Å². The van der Waals surface area contributed by atoms with Crippen molar-refractivity contribution in [2.75, 3.05) is 23.8 Å². The van der Waals surface area contributed by atoms with Crippen LogP contribution in [0.2, 0.25) is 0 Å². The molecule has 0 radical (unpaired) electrons. The molecular formula is C15H23NS2. The van der Waals surface area contributed by atoms with Gasteiger partial charge in [-0.2, -0.15) is 23.5 Å². The van der Waals surface area contributed by atoms with Gasteiger partial charge >= 0.3 is 0 Å². The van der Waals surface area contributed by atoms with Gasteiger partial charge < -0.3 is 5.32 Å². The molecule has 1 aromatic rings. The summed E-state index contributed by atoms with van der Waals surface area (Å²) in [6.45, 7) is 5.48. The van der Waals surface area contributed by atoms with Crippen LogP contribution in [0.1, 0.15) is 31.0 Å². The number of hydrogen-bond acceptors (Lipinski definition) is 3. The zero-order valence-corrected chi connectivity index (χ0v) is 12.9. The number of rotatable bonds is 5. The molecule has 2 unspecified atom stereocenters. The van der Waals surface area contributed by atoms with E-state index in [2.05, 4.69) is 67.0 Å². The topological polar surface area (TPSA) is 12.0 Å². The maximum Gasteiger partial charge on any atom is 0.0448 e. The Kier molecular flexibility index (Phi) is 5.93. The molecule has 0 saturated carbocycles. The molecule has 1 heterocycles. The van der Waals surface area contributed by atoms with Crippen molar-refractivity contribution in [1.29, 1.82) is 0 Å². The van der Waals surface area contributed by atoms with Crippen LogP contribution in [0.15, 0.2) is 24.3 Å². The minimum Gasteiger partial charge on any atom is -0.309 e. The molecule has 100 valence electrons.